The Morgan fingerprint density at radius 3 is 1.70 bits per heavy atom. The quantitative estimate of drug-likeness (QED) is 0.180. The van der Waals surface area contributed by atoms with Crippen LogP contribution in [-0.2, 0) is 5.41 Å². The number of nitrogens with zero attached hydrogens (tertiary/aromatic N) is 1. The van der Waals surface area contributed by atoms with E-state index in [1.807, 2.05) is 0 Å². The number of fused-ring (bicyclic) bond motifs is 16. The zero-order valence-electron chi connectivity index (χ0n) is 31.1. The minimum absolute atomic E-state index is 0.665. The summed E-state index contributed by atoms with van der Waals surface area (Å²) >= 11 is 0. The highest BCUT2D eigenvalue weighted by Gasteiger charge is 2.51. The Bertz CT molecular complexity index is 3190. The molecule has 12 rings (SSSR count). The number of furan rings is 1. The fourth-order valence-corrected chi connectivity index (χ4v) is 10.0. The summed E-state index contributed by atoms with van der Waals surface area (Å²) in [4.78, 5) is 2.43. The van der Waals surface area contributed by atoms with Crippen molar-refractivity contribution in [1.29, 1.82) is 0 Å². The van der Waals surface area contributed by atoms with Gasteiger partial charge in [0.25, 0.3) is 0 Å². The molecule has 1 aromatic heterocycles. The lowest BCUT2D eigenvalue weighted by Crippen LogP contribution is -2.29. The molecular formula is C55H35NO. The number of hydrogen-bond acceptors (Lipinski definition) is 2. The monoisotopic (exact) mass is 725 g/mol. The van der Waals surface area contributed by atoms with Gasteiger partial charge in [-0.3, -0.25) is 0 Å². The first-order chi connectivity index (χ1) is 28.3. The van der Waals surface area contributed by atoms with Crippen LogP contribution in [0.3, 0.4) is 0 Å². The third-order valence-electron chi connectivity index (χ3n) is 12.3. The van der Waals surface area contributed by atoms with Gasteiger partial charge in [-0.15, -0.1) is 0 Å². The Balaban J connectivity index is 1.23. The van der Waals surface area contributed by atoms with E-state index in [0.29, 0.717) is 0 Å². The van der Waals surface area contributed by atoms with Gasteiger partial charge in [0, 0.05) is 33.3 Å². The van der Waals surface area contributed by atoms with Crippen molar-refractivity contribution in [1.82, 2.24) is 0 Å². The summed E-state index contributed by atoms with van der Waals surface area (Å²) in [6, 6.07) is 77.6. The standard InChI is InChI=1S/C55H35NO/c1-3-17-36(18-4-1)39-21-11-15-29-51(39)56(37-19-5-2-6-20-37)38-31-32-43-41-23-8-7-22-40(41)42-24-9-13-27-47(42)55(50(43)35-38)48-28-14-10-26-46(48)53-49(55)34-33-45-44-25-12-16-30-52(44)57-54(45)53/h1-35H. The zero-order chi connectivity index (χ0) is 37.5. The Kier molecular flexibility index (Phi) is 6.88. The molecule has 2 aliphatic rings. The normalized spacial score (nSPS) is 14.7. The van der Waals surface area contributed by atoms with Crippen molar-refractivity contribution in [2.45, 2.75) is 5.41 Å². The molecule has 266 valence electrons. The highest BCUT2D eigenvalue weighted by atomic mass is 16.3. The second kappa shape index (κ2) is 12.3. The van der Waals surface area contributed by atoms with Gasteiger partial charge in [-0.05, 0) is 92.0 Å². The molecule has 2 aliphatic carbocycles. The largest absolute Gasteiger partial charge is 0.455 e. The molecule has 0 fully saturated rings. The van der Waals surface area contributed by atoms with Gasteiger partial charge in [0.05, 0.1) is 11.1 Å². The maximum Gasteiger partial charge on any atom is 0.143 e. The highest BCUT2D eigenvalue weighted by molar-refractivity contribution is 6.13. The SMILES string of the molecule is c1ccc(-c2ccccc2N(c2ccccc2)c2ccc3c(c2)C2(c4ccccc4-c4ccccc4-3)c3ccccc3-c3c2ccc2c3oc3ccccc32)cc1. The maximum atomic E-state index is 6.88. The Morgan fingerprint density at radius 1 is 0.351 bits per heavy atom. The Labute approximate surface area is 331 Å². The molecule has 0 saturated carbocycles. The lowest BCUT2D eigenvalue weighted by atomic mass is 9.65. The number of rotatable bonds is 4. The molecular weight excluding hydrogens is 691 g/mol. The first kappa shape index (κ1) is 31.9. The summed E-state index contributed by atoms with van der Waals surface area (Å²) < 4.78 is 6.88. The number of benzene rings is 9. The van der Waals surface area contributed by atoms with Gasteiger partial charge in [-0.1, -0.05) is 176 Å². The number of anilines is 3. The molecule has 0 radical (unpaired) electrons. The second-order valence-electron chi connectivity index (χ2n) is 15.1. The smallest absolute Gasteiger partial charge is 0.143 e. The summed E-state index contributed by atoms with van der Waals surface area (Å²) in [7, 11) is 0. The first-order valence-electron chi connectivity index (χ1n) is 19.7. The van der Waals surface area contributed by atoms with E-state index in [2.05, 4.69) is 217 Å². The first-order valence-corrected chi connectivity index (χ1v) is 19.7. The van der Waals surface area contributed by atoms with Crippen LogP contribution in [0.1, 0.15) is 22.3 Å². The van der Waals surface area contributed by atoms with E-state index in [0.717, 1.165) is 39.0 Å². The lowest BCUT2D eigenvalue weighted by Gasteiger charge is -2.36. The number of para-hydroxylation sites is 3. The lowest BCUT2D eigenvalue weighted by molar-refractivity contribution is 0.669. The van der Waals surface area contributed by atoms with Crippen LogP contribution in [0.5, 0.6) is 0 Å². The van der Waals surface area contributed by atoms with Gasteiger partial charge in [-0.2, -0.15) is 0 Å². The minimum Gasteiger partial charge on any atom is -0.455 e. The van der Waals surface area contributed by atoms with E-state index in [-0.39, 0.29) is 0 Å². The molecule has 10 aromatic rings. The molecule has 1 spiro atoms. The zero-order valence-corrected chi connectivity index (χ0v) is 31.1. The van der Waals surface area contributed by atoms with Gasteiger partial charge in [0.15, 0.2) is 0 Å². The van der Waals surface area contributed by atoms with Gasteiger partial charge in [0.2, 0.25) is 0 Å². The van der Waals surface area contributed by atoms with E-state index in [9.17, 15) is 0 Å². The van der Waals surface area contributed by atoms with Crippen LogP contribution in [-0.4, -0.2) is 0 Å². The molecule has 2 nitrogen and oxygen atoms in total. The van der Waals surface area contributed by atoms with E-state index < -0.39 is 5.41 Å². The van der Waals surface area contributed by atoms with Gasteiger partial charge >= 0.3 is 0 Å². The summed E-state index contributed by atoms with van der Waals surface area (Å²) in [6.07, 6.45) is 0. The third kappa shape index (κ3) is 4.47. The molecule has 1 atom stereocenters. The fourth-order valence-electron chi connectivity index (χ4n) is 10.0. The van der Waals surface area contributed by atoms with E-state index in [1.165, 1.54) is 66.8 Å². The van der Waals surface area contributed by atoms with Crippen LogP contribution < -0.4 is 4.90 Å². The van der Waals surface area contributed by atoms with Gasteiger partial charge < -0.3 is 9.32 Å². The van der Waals surface area contributed by atoms with Crippen LogP contribution in [0.4, 0.5) is 17.1 Å². The Morgan fingerprint density at radius 2 is 0.930 bits per heavy atom. The molecule has 1 unspecified atom stereocenters. The third-order valence-corrected chi connectivity index (χ3v) is 12.3. The summed E-state index contributed by atoms with van der Waals surface area (Å²) in [6.45, 7) is 0. The molecule has 0 bridgehead atoms. The molecule has 0 amide bonds. The van der Waals surface area contributed by atoms with Crippen molar-refractivity contribution in [2.24, 2.45) is 0 Å². The summed E-state index contributed by atoms with van der Waals surface area (Å²) in [5.41, 5.74) is 19.2. The molecule has 57 heavy (non-hydrogen) atoms. The minimum atomic E-state index is -0.665. The van der Waals surface area contributed by atoms with Crippen molar-refractivity contribution >= 4 is 39.0 Å². The van der Waals surface area contributed by atoms with Crippen LogP contribution in [0.25, 0.3) is 66.4 Å². The molecule has 0 aliphatic heterocycles. The Hall–Kier alpha value is -7.42. The van der Waals surface area contributed by atoms with E-state index in [4.69, 9.17) is 4.42 Å². The average molecular weight is 726 g/mol. The molecule has 0 saturated heterocycles. The summed E-state index contributed by atoms with van der Waals surface area (Å²) in [5, 5.41) is 2.28. The van der Waals surface area contributed by atoms with Crippen molar-refractivity contribution in [2.75, 3.05) is 4.90 Å². The van der Waals surface area contributed by atoms with Crippen molar-refractivity contribution in [3.63, 3.8) is 0 Å². The van der Waals surface area contributed by atoms with Gasteiger partial charge in [0.1, 0.15) is 11.2 Å². The highest BCUT2D eigenvalue weighted by Crippen LogP contribution is 2.63. The van der Waals surface area contributed by atoms with E-state index in [1.54, 1.807) is 0 Å². The fraction of sp³-hybridized carbons (Fsp3) is 0.0182. The second-order valence-corrected chi connectivity index (χ2v) is 15.1. The topological polar surface area (TPSA) is 16.4 Å². The molecule has 2 heteroatoms. The van der Waals surface area contributed by atoms with E-state index >= 15 is 0 Å². The number of hydrogen-bond donors (Lipinski definition) is 0. The van der Waals surface area contributed by atoms with Gasteiger partial charge in [-0.25, -0.2) is 0 Å². The van der Waals surface area contributed by atoms with Crippen LogP contribution >= 0.6 is 0 Å². The van der Waals surface area contributed by atoms with Crippen LogP contribution in [0.2, 0.25) is 0 Å². The molecule has 9 aromatic carbocycles. The van der Waals surface area contributed by atoms with Crippen molar-refractivity contribution < 1.29 is 4.42 Å². The van der Waals surface area contributed by atoms with Crippen LogP contribution in [0, 0.1) is 0 Å². The average Bonchev–Trinajstić information content (AvgIpc) is 3.78. The predicted molar refractivity (Wildman–Crippen MR) is 236 cm³/mol. The maximum absolute atomic E-state index is 6.88. The predicted octanol–water partition coefficient (Wildman–Crippen LogP) is 14.7. The van der Waals surface area contributed by atoms with Crippen molar-refractivity contribution in [3.05, 3.63) is 235 Å². The summed E-state index contributed by atoms with van der Waals surface area (Å²) in [5.74, 6) is 0. The van der Waals surface area contributed by atoms with Crippen LogP contribution in [0.15, 0.2) is 217 Å². The molecule has 0 N–H and O–H groups in total. The van der Waals surface area contributed by atoms with Crippen molar-refractivity contribution in [3.8, 4) is 44.5 Å². The molecule has 1 heterocycles.